The molecule has 0 aliphatic heterocycles. The first-order valence-corrected chi connectivity index (χ1v) is 11.4. The number of hydrogen-bond acceptors (Lipinski definition) is 1. The standard InChI is InChI=1S/C22H32.C3H4O/c1-4-22-8-7-16-15-6-5-13(2)9-17(15)18-11-19(18)21(16)20(22)10-14(3)12-22;4-3-1-2-3/h9,14-16,18-21H,2,4-8,10-12H2,1,3H3;1-2H2/t14-,15?,16?,18?,19?,20?,21?,22?;/m1./s1. The van der Waals surface area contributed by atoms with Crippen LogP contribution in [0.4, 0.5) is 0 Å². The third kappa shape index (κ3) is 2.68. The maximum absolute atomic E-state index is 9.56. The average molecular weight is 353 g/mol. The summed E-state index contributed by atoms with van der Waals surface area (Å²) in [5.74, 6) is 7.61. The molecular weight excluding hydrogens is 316 g/mol. The highest BCUT2D eigenvalue weighted by Crippen LogP contribution is 2.71. The van der Waals surface area contributed by atoms with E-state index in [0.29, 0.717) is 5.78 Å². The number of fused-ring (bicyclic) bond motifs is 8. The fourth-order valence-electron chi connectivity index (χ4n) is 7.92. The Morgan fingerprint density at radius 2 is 1.88 bits per heavy atom. The fraction of sp³-hybridized carbons (Fsp3) is 0.800. The zero-order valence-electron chi connectivity index (χ0n) is 16.8. The van der Waals surface area contributed by atoms with Crippen LogP contribution >= 0.6 is 0 Å². The Morgan fingerprint density at radius 3 is 2.58 bits per heavy atom. The van der Waals surface area contributed by atoms with Crippen molar-refractivity contribution in [3.63, 3.8) is 0 Å². The molecule has 5 saturated carbocycles. The second-order valence-corrected chi connectivity index (χ2v) is 10.6. The van der Waals surface area contributed by atoms with Crippen molar-refractivity contribution in [2.45, 2.75) is 78.1 Å². The highest BCUT2D eigenvalue weighted by Gasteiger charge is 2.63. The van der Waals surface area contributed by atoms with Gasteiger partial charge in [-0.25, -0.2) is 0 Å². The van der Waals surface area contributed by atoms with Crippen LogP contribution in [0, 0.1) is 46.8 Å². The Morgan fingerprint density at radius 1 is 1.12 bits per heavy atom. The fourth-order valence-corrected chi connectivity index (χ4v) is 7.92. The summed E-state index contributed by atoms with van der Waals surface area (Å²) in [7, 11) is 0. The lowest BCUT2D eigenvalue weighted by molar-refractivity contribution is -0.109. The molecule has 8 atom stereocenters. The van der Waals surface area contributed by atoms with Gasteiger partial charge in [0.1, 0.15) is 5.78 Å². The van der Waals surface area contributed by atoms with Crippen LogP contribution < -0.4 is 0 Å². The van der Waals surface area contributed by atoms with Crippen LogP contribution in [0.25, 0.3) is 0 Å². The highest BCUT2D eigenvalue weighted by atomic mass is 16.1. The SMILES string of the molecule is C=C1C=C2C(CC1)C1CCC3(CC)C[C@H](C)CC3C1C1CC21.O=C1CC1. The Bertz CT molecular complexity index is 651. The van der Waals surface area contributed by atoms with E-state index in [2.05, 4.69) is 26.5 Å². The van der Waals surface area contributed by atoms with Gasteiger partial charge in [0, 0.05) is 12.8 Å². The third-order valence-corrected chi connectivity index (χ3v) is 9.15. The smallest absolute Gasteiger partial charge is 0.133 e. The lowest BCUT2D eigenvalue weighted by atomic mass is 9.51. The van der Waals surface area contributed by atoms with Crippen LogP contribution in [0.1, 0.15) is 78.1 Å². The molecule has 142 valence electrons. The molecule has 1 nitrogen and oxygen atoms in total. The van der Waals surface area contributed by atoms with Gasteiger partial charge < -0.3 is 0 Å². The minimum Gasteiger partial charge on any atom is -0.300 e. The van der Waals surface area contributed by atoms with Gasteiger partial charge in [0.2, 0.25) is 0 Å². The normalized spacial score (nSPS) is 50.4. The summed E-state index contributed by atoms with van der Waals surface area (Å²) in [6.07, 6.45) is 16.1. The zero-order chi connectivity index (χ0) is 18.1. The maximum atomic E-state index is 9.56. The summed E-state index contributed by atoms with van der Waals surface area (Å²) in [5.41, 5.74) is 4.02. The van der Waals surface area contributed by atoms with Gasteiger partial charge in [0.05, 0.1) is 0 Å². The molecule has 0 aromatic heterocycles. The molecule has 0 amide bonds. The predicted octanol–water partition coefficient (Wildman–Crippen LogP) is 6.35. The molecule has 0 N–H and O–H groups in total. The summed E-state index contributed by atoms with van der Waals surface area (Å²) in [6, 6.07) is 0. The predicted molar refractivity (Wildman–Crippen MR) is 107 cm³/mol. The van der Waals surface area contributed by atoms with E-state index in [4.69, 9.17) is 0 Å². The first-order chi connectivity index (χ1) is 12.5. The number of hydrogen-bond donors (Lipinski definition) is 0. The van der Waals surface area contributed by atoms with Crippen molar-refractivity contribution >= 4 is 5.78 Å². The molecule has 6 rings (SSSR count). The van der Waals surface area contributed by atoms with Crippen LogP contribution in [0.3, 0.4) is 0 Å². The lowest BCUT2D eigenvalue weighted by Crippen LogP contribution is -2.46. The van der Waals surface area contributed by atoms with E-state index >= 15 is 0 Å². The molecule has 0 heterocycles. The minimum absolute atomic E-state index is 0.417. The molecule has 0 aromatic carbocycles. The van der Waals surface area contributed by atoms with E-state index in [0.717, 1.165) is 59.7 Å². The summed E-state index contributed by atoms with van der Waals surface area (Å²) in [5, 5.41) is 0. The van der Waals surface area contributed by atoms with Gasteiger partial charge in [0.15, 0.2) is 0 Å². The minimum atomic E-state index is 0.417. The van der Waals surface area contributed by atoms with Crippen molar-refractivity contribution in [3.05, 3.63) is 23.8 Å². The molecule has 6 aliphatic rings. The molecule has 0 spiro atoms. The Kier molecular flexibility index (Phi) is 4.03. The van der Waals surface area contributed by atoms with Crippen molar-refractivity contribution in [3.8, 4) is 0 Å². The number of carbonyl (C=O) groups excluding carboxylic acids is 1. The lowest BCUT2D eigenvalue weighted by Gasteiger charge is -2.53. The van der Waals surface area contributed by atoms with Crippen LogP contribution in [0.2, 0.25) is 0 Å². The molecule has 0 bridgehead atoms. The summed E-state index contributed by atoms with van der Waals surface area (Å²) in [4.78, 5) is 9.56. The van der Waals surface area contributed by atoms with E-state index in [1.807, 2.05) is 5.57 Å². The van der Waals surface area contributed by atoms with Gasteiger partial charge in [-0.2, -0.15) is 0 Å². The van der Waals surface area contributed by atoms with Crippen LogP contribution in [0.5, 0.6) is 0 Å². The first-order valence-electron chi connectivity index (χ1n) is 11.4. The molecule has 7 unspecified atom stereocenters. The Hall–Kier alpha value is -0.850. The van der Waals surface area contributed by atoms with Crippen molar-refractivity contribution in [2.75, 3.05) is 0 Å². The molecular formula is C25H36O. The molecule has 6 aliphatic carbocycles. The van der Waals surface area contributed by atoms with Gasteiger partial charge in [-0.3, -0.25) is 4.79 Å². The van der Waals surface area contributed by atoms with Crippen molar-refractivity contribution in [1.29, 1.82) is 0 Å². The van der Waals surface area contributed by atoms with Crippen molar-refractivity contribution in [1.82, 2.24) is 0 Å². The zero-order valence-corrected chi connectivity index (χ0v) is 16.8. The second-order valence-electron chi connectivity index (χ2n) is 10.6. The molecule has 0 aromatic rings. The number of Topliss-reactive ketones (excluding diaryl/α,β-unsaturated/α-hetero) is 1. The monoisotopic (exact) mass is 352 g/mol. The number of carbonyl (C=O) groups is 1. The Labute approximate surface area is 159 Å². The number of rotatable bonds is 1. The largest absolute Gasteiger partial charge is 0.300 e. The summed E-state index contributed by atoms with van der Waals surface area (Å²) in [6.45, 7) is 9.30. The van der Waals surface area contributed by atoms with E-state index in [9.17, 15) is 4.79 Å². The quantitative estimate of drug-likeness (QED) is 0.537. The van der Waals surface area contributed by atoms with Crippen LogP contribution in [-0.2, 0) is 4.79 Å². The second kappa shape index (κ2) is 6.08. The topological polar surface area (TPSA) is 17.1 Å². The van der Waals surface area contributed by atoms with E-state index in [-0.39, 0.29) is 0 Å². The number of allylic oxidation sites excluding steroid dienone is 3. The van der Waals surface area contributed by atoms with Crippen LogP contribution in [0.15, 0.2) is 23.8 Å². The van der Waals surface area contributed by atoms with Gasteiger partial charge in [-0.15, -0.1) is 0 Å². The highest BCUT2D eigenvalue weighted by molar-refractivity contribution is 5.92. The summed E-state index contributed by atoms with van der Waals surface area (Å²) < 4.78 is 0. The third-order valence-electron chi connectivity index (χ3n) is 9.15. The van der Waals surface area contributed by atoms with Gasteiger partial charge in [-0.1, -0.05) is 44.1 Å². The van der Waals surface area contributed by atoms with Gasteiger partial charge in [0.25, 0.3) is 0 Å². The van der Waals surface area contributed by atoms with E-state index in [1.165, 1.54) is 31.3 Å². The molecule has 26 heavy (non-hydrogen) atoms. The van der Waals surface area contributed by atoms with Gasteiger partial charge >= 0.3 is 0 Å². The van der Waals surface area contributed by atoms with Crippen LogP contribution in [-0.4, -0.2) is 5.78 Å². The van der Waals surface area contributed by atoms with E-state index < -0.39 is 0 Å². The first kappa shape index (κ1) is 17.3. The number of ketones is 1. The maximum Gasteiger partial charge on any atom is 0.133 e. The van der Waals surface area contributed by atoms with Gasteiger partial charge in [-0.05, 0) is 91.8 Å². The molecule has 5 fully saturated rings. The van der Waals surface area contributed by atoms with Crippen molar-refractivity contribution < 1.29 is 4.79 Å². The molecule has 0 saturated heterocycles. The van der Waals surface area contributed by atoms with Crippen molar-refractivity contribution in [2.24, 2.45) is 46.8 Å². The van der Waals surface area contributed by atoms with E-state index in [1.54, 1.807) is 25.7 Å². The Balaban J connectivity index is 0.000000334. The average Bonchev–Trinajstić information content (AvgIpc) is 3.54. The summed E-state index contributed by atoms with van der Waals surface area (Å²) >= 11 is 0. The molecule has 0 radical (unpaired) electrons. The molecule has 1 heteroatoms.